The van der Waals surface area contributed by atoms with Gasteiger partial charge in [0.05, 0.1) is 18.3 Å². The van der Waals surface area contributed by atoms with Gasteiger partial charge in [-0.15, -0.1) is 0 Å². The van der Waals surface area contributed by atoms with E-state index in [1.165, 1.54) is 0 Å². The Balaban J connectivity index is 1.98. The lowest BCUT2D eigenvalue weighted by Gasteiger charge is -2.28. The number of carbonyl (C=O) groups is 1. The Morgan fingerprint density at radius 2 is 2.53 bits per heavy atom. The first-order valence-electron chi connectivity index (χ1n) is 6.03. The number of anilines is 1. The SMILES string of the molecule is CCC[C@H](N)C(=O)Nc1ccnn1C1CNC1. The number of nitrogens with zero attached hydrogens (tertiary/aromatic N) is 2. The summed E-state index contributed by atoms with van der Waals surface area (Å²) in [6.45, 7) is 3.80. The Labute approximate surface area is 101 Å². The second-order valence-electron chi connectivity index (χ2n) is 4.36. The highest BCUT2D eigenvalue weighted by Gasteiger charge is 2.23. The molecule has 1 saturated heterocycles. The van der Waals surface area contributed by atoms with E-state index in [4.69, 9.17) is 5.73 Å². The average Bonchev–Trinajstić information content (AvgIpc) is 2.64. The van der Waals surface area contributed by atoms with Crippen LogP contribution in [0.1, 0.15) is 25.8 Å². The van der Waals surface area contributed by atoms with Crippen LogP contribution in [0.2, 0.25) is 0 Å². The minimum Gasteiger partial charge on any atom is -0.320 e. The van der Waals surface area contributed by atoms with Gasteiger partial charge in [0.1, 0.15) is 5.82 Å². The fraction of sp³-hybridized carbons (Fsp3) is 0.636. The maximum absolute atomic E-state index is 11.8. The number of rotatable bonds is 5. The molecular formula is C11H19N5O. The van der Waals surface area contributed by atoms with Gasteiger partial charge in [-0.2, -0.15) is 5.10 Å². The molecule has 6 heteroatoms. The standard InChI is InChI=1S/C11H19N5O/c1-2-3-9(12)11(17)15-10-4-5-14-16(10)8-6-13-7-8/h4-5,8-9,13H,2-3,6-7,12H2,1H3,(H,15,17)/t9-/m0/s1. The summed E-state index contributed by atoms with van der Waals surface area (Å²) >= 11 is 0. The van der Waals surface area contributed by atoms with Crippen LogP contribution in [0.5, 0.6) is 0 Å². The van der Waals surface area contributed by atoms with E-state index in [1.54, 1.807) is 12.3 Å². The van der Waals surface area contributed by atoms with E-state index in [1.807, 2.05) is 11.6 Å². The normalized spacial score (nSPS) is 17.5. The lowest BCUT2D eigenvalue weighted by atomic mass is 10.1. The number of hydrogen-bond donors (Lipinski definition) is 3. The fourth-order valence-electron chi connectivity index (χ4n) is 1.81. The van der Waals surface area contributed by atoms with Gasteiger partial charge >= 0.3 is 0 Å². The van der Waals surface area contributed by atoms with Crippen molar-refractivity contribution in [2.24, 2.45) is 5.73 Å². The van der Waals surface area contributed by atoms with Crippen LogP contribution in [-0.4, -0.2) is 34.8 Å². The van der Waals surface area contributed by atoms with Crippen molar-refractivity contribution in [1.29, 1.82) is 0 Å². The van der Waals surface area contributed by atoms with Crippen LogP contribution >= 0.6 is 0 Å². The van der Waals surface area contributed by atoms with Gasteiger partial charge in [-0.25, -0.2) is 4.68 Å². The Kier molecular flexibility index (Phi) is 3.75. The lowest BCUT2D eigenvalue weighted by Crippen LogP contribution is -2.44. The van der Waals surface area contributed by atoms with Gasteiger partial charge in [0.15, 0.2) is 0 Å². The second-order valence-corrected chi connectivity index (χ2v) is 4.36. The first-order valence-corrected chi connectivity index (χ1v) is 6.03. The minimum absolute atomic E-state index is 0.138. The molecule has 6 nitrogen and oxygen atoms in total. The Bertz CT molecular complexity index is 385. The number of nitrogens with two attached hydrogens (primary N) is 1. The third-order valence-corrected chi connectivity index (χ3v) is 2.96. The molecule has 0 radical (unpaired) electrons. The van der Waals surface area contributed by atoms with E-state index in [0.29, 0.717) is 12.5 Å². The smallest absolute Gasteiger partial charge is 0.242 e. The summed E-state index contributed by atoms with van der Waals surface area (Å²) in [6.07, 6.45) is 3.30. The van der Waals surface area contributed by atoms with Crippen molar-refractivity contribution in [3.63, 3.8) is 0 Å². The van der Waals surface area contributed by atoms with Crippen LogP contribution < -0.4 is 16.4 Å². The van der Waals surface area contributed by atoms with Gasteiger partial charge in [-0.3, -0.25) is 4.79 Å². The summed E-state index contributed by atoms with van der Waals surface area (Å²) in [5.41, 5.74) is 5.76. The molecule has 1 amide bonds. The number of carbonyl (C=O) groups excluding carboxylic acids is 1. The zero-order valence-electron chi connectivity index (χ0n) is 10.0. The van der Waals surface area contributed by atoms with Gasteiger partial charge in [0, 0.05) is 19.2 Å². The molecule has 2 rings (SSSR count). The predicted octanol–water partition coefficient (Wildman–Crippen LogP) is 0.0933. The average molecular weight is 237 g/mol. The van der Waals surface area contributed by atoms with Gasteiger partial charge in [-0.05, 0) is 6.42 Å². The number of hydrogen-bond acceptors (Lipinski definition) is 4. The Morgan fingerprint density at radius 3 is 3.12 bits per heavy atom. The third-order valence-electron chi connectivity index (χ3n) is 2.96. The molecule has 2 heterocycles. The third kappa shape index (κ3) is 2.65. The first-order chi connectivity index (χ1) is 8.22. The summed E-state index contributed by atoms with van der Waals surface area (Å²) in [4.78, 5) is 11.8. The molecule has 0 saturated carbocycles. The molecule has 4 N–H and O–H groups in total. The lowest BCUT2D eigenvalue weighted by molar-refractivity contribution is -0.117. The molecule has 17 heavy (non-hydrogen) atoms. The zero-order chi connectivity index (χ0) is 12.3. The maximum Gasteiger partial charge on any atom is 0.242 e. The van der Waals surface area contributed by atoms with Crippen LogP contribution in [-0.2, 0) is 4.79 Å². The highest BCUT2D eigenvalue weighted by atomic mass is 16.2. The van der Waals surface area contributed by atoms with E-state index < -0.39 is 6.04 Å². The molecule has 1 aliphatic rings. The van der Waals surface area contributed by atoms with E-state index >= 15 is 0 Å². The van der Waals surface area contributed by atoms with Gasteiger partial charge in [-0.1, -0.05) is 13.3 Å². The molecule has 1 fully saturated rings. The van der Waals surface area contributed by atoms with Crippen molar-refractivity contribution in [1.82, 2.24) is 15.1 Å². The molecule has 1 aromatic heterocycles. The van der Waals surface area contributed by atoms with Crippen molar-refractivity contribution in [3.05, 3.63) is 12.3 Å². The van der Waals surface area contributed by atoms with Crippen LogP contribution in [0.25, 0.3) is 0 Å². The molecule has 0 bridgehead atoms. The topological polar surface area (TPSA) is 85.0 Å². The van der Waals surface area contributed by atoms with Crippen LogP contribution in [0.3, 0.4) is 0 Å². The first kappa shape index (κ1) is 12.1. The van der Waals surface area contributed by atoms with Crippen molar-refractivity contribution in [2.75, 3.05) is 18.4 Å². The molecule has 1 aliphatic heterocycles. The van der Waals surface area contributed by atoms with Crippen molar-refractivity contribution < 1.29 is 4.79 Å². The van der Waals surface area contributed by atoms with E-state index in [0.717, 1.165) is 25.3 Å². The molecule has 0 spiro atoms. The molecular weight excluding hydrogens is 218 g/mol. The van der Waals surface area contributed by atoms with E-state index in [9.17, 15) is 4.79 Å². The molecule has 1 atom stereocenters. The second kappa shape index (κ2) is 5.29. The largest absolute Gasteiger partial charge is 0.320 e. The van der Waals surface area contributed by atoms with Crippen LogP contribution in [0, 0.1) is 0 Å². The number of amides is 1. The van der Waals surface area contributed by atoms with Gasteiger partial charge in [0.2, 0.25) is 5.91 Å². The van der Waals surface area contributed by atoms with Crippen molar-refractivity contribution >= 4 is 11.7 Å². The summed E-state index contributed by atoms with van der Waals surface area (Å²) in [6, 6.07) is 1.69. The summed E-state index contributed by atoms with van der Waals surface area (Å²) < 4.78 is 1.84. The molecule has 0 aromatic carbocycles. The summed E-state index contributed by atoms with van der Waals surface area (Å²) in [7, 11) is 0. The highest BCUT2D eigenvalue weighted by molar-refractivity contribution is 5.93. The summed E-state index contributed by atoms with van der Waals surface area (Å²) in [5, 5.41) is 10.2. The van der Waals surface area contributed by atoms with Crippen molar-refractivity contribution in [2.45, 2.75) is 31.8 Å². The number of aromatic nitrogens is 2. The van der Waals surface area contributed by atoms with Crippen LogP contribution in [0.4, 0.5) is 5.82 Å². The predicted molar refractivity (Wildman–Crippen MR) is 65.6 cm³/mol. The highest BCUT2D eigenvalue weighted by Crippen LogP contribution is 2.17. The molecule has 1 aromatic rings. The van der Waals surface area contributed by atoms with Gasteiger partial charge < -0.3 is 16.4 Å². The Morgan fingerprint density at radius 1 is 1.76 bits per heavy atom. The van der Waals surface area contributed by atoms with E-state index in [2.05, 4.69) is 15.7 Å². The fourth-order valence-corrected chi connectivity index (χ4v) is 1.81. The minimum atomic E-state index is -0.442. The monoisotopic (exact) mass is 237 g/mol. The molecule has 0 unspecified atom stereocenters. The van der Waals surface area contributed by atoms with Crippen molar-refractivity contribution in [3.8, 4) is 0 Å². The zero-order valence-corrected chi connectivity index (χ0v) is 10.0. The molecule has 94 valence electrons. The Hall–Kier alpha value is -1.40. The number of nitrogens with one attached hydrogen (secondary N) is 2. The van der Waals surface area contributed by atoms with Gasteiger partial charge in [0.25, 0.3) is 0 Å². The quantitative estimate of drug-likeness (QED) is 0.677. The molecule has 0 aliphatic carbocycles. The van der Waals surface area contributed by atoms with Crippen LogP contribution in [0.15, 0.2) is 12.3 Å². The summed E-state index contributed by atoms with van der Waals surface area (Å²) in [5.74, 6) is 0.592. The maximum atomic E-state index is 11.8. The van der Waals surface area contributed by atoms with E-state index in [-0.39, 0.29) is 5.91 Å².